The maximum Gasteiger partial charge on any atom is 0.490 e. The van der Waals surface area contributed by atoms with Gasteiger partial charge in [-0.2, -0.15) is 13.2 Å². The van der Waals surface area contributed by atoms with Gasteiger partial charge < -0.3 is 15.7 Å². The first kappa shape index (κ1) is 22.5. The predicted octanol–water partition coefficient (Wildman–Crippen LogP) is 3.06. The zero-order chi connectivity index (χ0) is 22.6. The van der Waals surface area contributed by atoms with Crippen molar-refractivity contribution in [2.24, 2.45) is 12.8 Å². The van der Waals surface area contributed by atoms with Crippen LogP contribution in [-0.4, -0.2) is 45.3 Å². The Bertz CT molecular complexity index is 1060. The number of aryl methyl sites for hydroxylation is 2. The Kier molecular flexibility index (Phi) is 6.79. The Morgan fingerprint density at radius 3 is 2.58 bits per heavy atom. The predicted molar refractivity (Wildman–Crippen MR) is 111 cm³/mol. The maximum atomic E-state index is 10.6. The summed E-state index contributed by atoms with van der Waals surface area (Å²) in [4.78, 5) is 11.4. The Hall–Kier alpha value is -3.14. The highest BCUT2D eigenvalue weighted by atomic mass is 19.4. The number of nitrogens with two attached hydrogens (primary N) is 1. The molecule has 0 saturated carbocycles. The molecular formula is C21H24F3N5O2. The lowest BCUT2D eigenvalue weighted by Gasteiger charge is -2.32. The van der Waals surface area contributed by atoms with Gasteiger partial charge >= 0.3 is 12.1 Å². The van der Waals surface area contributed by atoms with E-state index in [2.05, 4.69) is 51.6 Å². The molecule has 0 aliphatic carbocycles. The van der Waals surface area contributed by atoms with Crippen molar-refractivity contribution in [1.82, 2.24) is 15.0 Å². The summed E-state index contributed by atoms with van der Waals surface area (Å²) in [6.07, 6.45) is -1.77. The van der Waals surface area contributed by atoms with Crippen LogP contribution >= 0.6 is 0 Å². The Morgan fingerprint density at radius 2 is 1.90 bits per heavy atom. The Labute approximate surface area is 177 Å². The van der Waals surface area contributed by atoms with Crippen LogP contribution in [0.3, 0.4) is 0 Å². The van der Waals surface area contributed by atoms with Crippen LogP contribution in [0, 0.1) is 0 Å². The van der Waals surface area contributed by atoms with Gasteiger partial charge in [-0.1, -0.05) is 23.4 Å². The van der Waals surface area contributed by atoms with Crippen LogP contribution in [0.5, 0.6) is 0 Å². The molecule has 3 N–H and O–H groups in total. The molecule has 0 spiro atoms. The van der Waals surface area contributed by atoms with Crippen molar-refractivity contribution in [3.63, 3.8) is 0 Å². The van der Waals surface area contributed by atoms with Gasteiger partial charge in [-0.15, -0.1) is 5.10 Å². The minimum atomic E-state index is -5.08. The normalized spacial score (nSPS) is 13.5. The number of rotatable bonds is 4. The number of fused-ring (bicyclic) bond motifs is 2. The van der Waals surface area contributed by atoms with Gasteiger partial charge in [0.2, 0.25) is 0 Å². The molecule has 0 fully saturated rings. The van der Waals surface area contributed by atoms with E-state index in [1.54, 1.807) is 0 Å². The van der Waals surface area contributed by atoms with Crippen molar-refractivity contribution in [3.05, 3.63) is 53.1 Å². The molecule has 10 heteroatoms. The van der Waals surface area contributed by atoms with Gasteiger partial charge in [0, 0.05) is 25.8 Å². The van der Waals surface area contributed by atoms with E-state index < -0.39 is 12.1 Å². The number of carboxylic acid groups (broad SMARTS) is 1. The minimum absolute atomic E-state index is 0.709. The highest BCUT2D eigenvalue weighted by Crippen LogP contribution is 2.30. The number of carbonyl (C=O) groups is 1. The standard InChI is InChI=1S/C19H23N5.C2HF3O2/c1-23-19-7-5-15(12-17(19)21-22-23)13-24-10-2-3-16-11-14(8-9-20)4-6-18(16)24;3-2(4,5)1(6)7/h4-7,11-12H,2-3,8-10,13,20H2,1H3;(H,6,7). The molecule has 31 heavy (non-hydrogen) atoms. The van der Waals surface area contributed by atoms with Crippen molar-refractivity contribution < 1.29 is 23.1 Å². The number of nitrogens with zero attached hydrogens (tertiary/aromatic N) is 4. The molecule has 7 nitrogen and oxygen atoms in total. The molecule has 0 radical (unpaired) electrons. The van der Waals surface area contributed by atoms with Crippen LogP contribution < -0.4 is 10.6 Å². The van der Waals surface area contributed by atoms with E-state index in [4.69, 9.17) is 15.6 Å². The molecule has 3 aromatic rings. The molecule has 1 aliphatic rings. The molecule has 0 bridgehead atoms. The van der Waals surface area contributed by atoms with Crippen molar-refractivity contribution in [2.45, 2.75) is 32.0 Å². The summed E-state index contributed by atoms with van der Waals surface area (Å²) < 4.78 is 33.5. The van der Waals surface area contributed by atoms with Crippen molar-refractivity contribution in [3.8, 4) is 0 Å². The van der Waals surface area contributed by atoms with E-state index >= 15 is 0 Å². The van der Waals surface area contributed by atoms with Crippen LogP contribution in [0.25, 0.3) is 11.0 Å². The van der Waals surface area contributed by atoms with Gasteiger partial charge in [0.15, 0.2) is 0 Å². The molecule has 166 valence electrons. The first-order chi connectivity index (χ1) is 14.7. The third-order valence-corrected chi connectivity index (χ3v) is 5.08. The van der Waals surface area contributed by atoms with E-state index in [-0.39, 0.29) is 0 Å². The van der Waals surface area contributed by atoms with E-state index in [0.717, 1.165) is 37.0 Å². The fourth-order valence-corrected chi connectivity index (χ4v) is 3.62. The molecule has 0 amide bonds. The average molecular weight is 435 g/mol. The van der Waals surface area contributed by atoms with Crippen LogP contribution in [0.15, 0.2) is 36.4 Å². The van der Waals surface area contributed by atoms with Crippen LogP contribution in [0.2, 0.25) is 0 Å². The average Bonchev–Trinajstić information content (AvgIpc) is 3.08. The topological polar surface area (TPSA) is 97.3 Å². The fourth-order valence-electron chi connectivity index (χ4n) is 3.62. The maximum absolute atomic E-state index is 10.6. The first-order valence-electron chi connectivity index (χ1n) is 9.84. The summed E-state index contributed by atoms with van der Waals surface area (Å²) in [5, 5.41) is 15.4. The first-order valence-corrected chi connectivity index (χ1v) is 9.84. The van der Waals surface area contributed by atoms with Crippen LogP contribution in [0.1, 0.15) is 23.1 Å². The number of anilines is 1. The molecule has 4 rings (SSSR count). The summed E-state index contributed by atoms with van der Waals surface area (Å²) >= 11 is 0. The molecule has 1 aromatic heterocycles. The van der Waals surface area contributed by atoms with Crippen molar-refractivity contribution in [2.75, 3.05) is 18.0 Å². The lowest BCUT2D eigenvalue weighted by Crippen LogP contribution is -2.28. The van der Waals surface area contributed by atoms with Gasteiger partial charge in [0.1, 0.15) is 5.52 Å². The number of benzene rings is 2. The quantitative estimate of drug-likeness (QED) is 0.654. The summed E-state index contributed by atoms with van der Waals surface area (Å²) in [5.74, 6) is -2.76. The summed E-state index contributed by atoms with van der Waals surface area (Å²) in [6, 6.07) is 13.3. The highest BCUT2D eigenvalue weighted by molar-refractivity contribution is 5.75. The molecule has 0 unspecified atom stereocenters. The summed E-state index contributed by atoms with van der Waals surface area (Å²) in [7, 11) is 1.93. The molecule has 0 saturated heterocycles. The number of alkyl halides is 3. The van der Waals surface area contributed by atoms with Crippen molar-refractivity contribution >= 4 is 22.7 Å². The fraction of sp³-hybridized carbons (Fsp3) is 0.381. The SMILES string of the molecule is Cn1nnc2cc(CN3CCCc4cc(CCN)ccc43)ccc21.O=C(O)C(F)(F)F. The summed E-state index contributed by atoms with van der Waals surface area (Å²) in [6.45, 7) is 2.72. The molecule has 0 atom stereocenters. The number of hydrogen-bond donors (Lipinski definition) is 2. The van der Waals surface area contributed by atoms with Gasteiger partial charge in [-0.05, 0) is 60.7 Å². The number of aromatic nitrogens is 3. The number of aliphatic carboxylic acids is 1. The smallest absolute Gasteiger partial charge is 0.475 e. The number of hydrogen-bond acceptors (Lipinski definition) is 5. The second kappa shape index (κ2) is 9.34. The van der Waals surface area contributed by atoms with Crippen LogP contribution in [0.4, 0.5) is 18.9 Å². The lowest BCUT2D eigenvalue weighted by molar-refractivity contribution is -0.192. The van der Waals surface area contributed by atoms with E-state index in [1.807, 2.05) is 11.7 Å². The van der Waals surface area contributed by atoms with Gasteiger partial charge in [-0.3, -0.25) is 0 Å². The van der Waals surface area contributed by atoms with Gasteiger partial charge in [-0.25, -0.2) is 9.48 Å². The zero-order valence-electron chi connectivity index (χ0n) is 17.1. The van der Waals surface area contributed by atoms with E-state index in [0.29, 0.717) is 6.54 Å². The van der Waals surface area contributed by atoms with Gasteiger partial charge in [0.25, 0.3) is 0 Å². The van der Waals surface area contributed by atoms with Crippen molar-refractivity contribution in [1.29, 1.82) is 0 Å². The molecule has 1 aliphatic heterocycles. The number of halogens is 3. The molecule has 2 aromatic carbocycles. The third-order valence-electron chi connectivity index (χ3n) is 5.08. The van der Waals surface area contributed by atoms with E-state index in [1.165, 1.54) is 28.8 Å². The lowest BCUT2D eigenvalue weighted by atomic mass is 9.97. The second-order valence-corrected chi connectivity index (χ2v) is 7.37. The monoisotopic (exact) mass is 435 g/mol. The molecular weight excluding hydrogens is 411 g/mol. The minimum Gasteiger partial charge on any atom is -0.475 e. The number of carboxylic acids is 1. The zero-order valence-corrected chi connectivity index (χ0v) is 17.1. The van der Waals surface area contributed by atoms with Gasteiger partial charge in [0.05, 0.1) is 5.52 Å². The second-order valence-electron chi connectivity index (χ2n) is 7.37. The van der Waals surface area contributed by atoms with E-state index in [9.17, 15) is 13.2 Å². The Balaban J connectivity index is 0.000000339. The Morgan fingerprint density at radius 1 is 1.19 bits per heavy atom. The molecule has 2 heterocycles. The summed E-state index contributed by atoms with van der Waals surface area (Å²) in [5.41, 5.74) is 13.2. The third kappa shape index (κ3) is 5.52. The largest absolute Gasteiger partial charge is 0.490 e. The highest BCUT2D eigenvalue weighted by Gasteiger charge is 2.38. The van der Waals surface area contributed by atoms with Crippen LogP contribution in [-0.2, 0) is 31.2 Å².